The smallest absolute Gasteiger partial charge is 0.254 e. The van der Waals surface area contributed by atoms with Crippen LogP contribution in [0.5, 0.6) is 5.75 Å². The van der Waals surface area contributed by atoms with Gasteiger partial charge in [-0.15, -0.1) is 0 Å². The number of aromatic hydroxyl groups is 1. The van der Waals surface area contributed by atoms with E-state index in [2.05, 4.69) is 15.6 Å². The summed E-state index contributed by atoms with van der Waals surface area (Å²) in [6, 6.07) is 12.0. The Labute approximate surface area is 151 Å². The zero-order valence-electron chi connectivity index (χ0n) is 14.4. The fraction of sp³-hybridized carbons (Fsp3) is 0.211. The van der Waals surface area contributed by atoms with E-state index < -0.39 is 0 Å². The molecule has 1 heterocycles. The average molecular weight is 352 g/mol. The Morgan fingerprint density at radius 1 is 1.31 bits per heavy atom. The van der Waals surface area contributed by atoms with E-state index in [9.17, 15) is 14.7 Å². The van der Waals surface area contributed by atoms with Crippen molar-refractivity contribution in [1.82, 2.24) is 10.2 Å². The van der Waals surface area contributed by atoms with Crippen molar-refractivity contribution in [3.63, 3.8) is 0 Å². The van der Waals surface area contributed by atoms with E-state index in [-0.39, 0.29) is 24.1 Å². The second-order valence-electron chi connectivity index (χ2n) is 5.94. The highest BCUT2D eigenvalue weighted by molar-refractivity contribution is 5.98. The third-order valence-corrected chi connectivity index (χ3v) is 4.02. The summed E-state index contributed by atoms with van der Waals surface area (Å²) in [5.74, 6) is -0.172. The lowest BCUT2D eigenvalue weighted by Gasteiger charge is -2.26. The molecule has 0 bridgehead atoms. The Bertz CT molecular complexity index is 864. The summed E-state index contributed by atoms with van der Waals surface area (Å²) in [6.07, 6.45) is 1.64. The van der Waals surface area contributed by atoms with E-state index in [0.717, 1.165) is 16.9 Å². The van der Waals surface area contributed by atoms with Crippen LogP contribution in [0.15, 0.2) is 47.5 Å². The standard InChI is InChI=1S/C19H20N4O3/c1-20-11-14-10-16(24)5-6-17(14)22-15-4-2-3-13(9-15)19(26)23-8-7-21-18(25)12-23/h2-6,9-11,22,24H,7-8,12H2,1H3,(H,21,25)/b20-11-. The first-order valence-corrected chi connectivity index (χ1v) is 8.25. The Morgan fingerprint density at radius 2 is 2.15 bits per heavy atom. The number of anilines is 2. The maximum Gasteiger partial charge on any atom is 0.254 e. The number of rotatable bonds is 4. The molecule has 2 aromatic rings. The molecule has 1 fully saturated rings. The Balaban J connectivity index is 1.82. The van der Waals surface area contributed by atoms with Gasteiger partial charge in [-0.1, -0.05) is 6.07 Å². The average Bonchev–Trinajstić information content (AvgIpc) is 2.64. The fourth-order valence-corrected chi connectivity index (χ4v) is 2.79. The van der Waals surface area contributed by atoms with E-state index in [4.69, 9.17) is 0 Å². The van der Waals surface area contributed by atoms with Crippen LogP contribution >= 0.6 is 0 Å². The maximum absolute atomic E-state index is 12.6. The molecule has 7 nitrogen and oxygen atoms in total. The molecule has 0 atom stereocenters. The summed E-state index contributed by atoms with van der Waals surface area (Å²) in [5.41, 5.74) is 2.73. The monoisotopic (exact) mass is 352 g/mol. The molecule has 26 heavy (non-hydrogen) atoms. The SMILES string of the molecule is C/N=C\c1cc(O)ccc1Nc1cccc(C(=O)N2CCNC(=O)C2)c1. The molecule has 0 saturated carbocycles. The Morgan fingerprint density at radius 3 is 2.92 bits per heavy atom. The maximum atomic E-state index is 12.6. The number of hydrogen-bond acceptors (Lipinski definition) is 5. The molecule has 0 spiro atoms. The predicted octanol–water partition coefficient (Wildman–Crippen LogP) is 1.76. The summed E-state index contributed by atoms with van der Waals surface area (Å²) < 4.78 is 0. The number of phenolic OH excluding ortho intramolecular Hbond substituents is 1. The lowest BCUT2D eigenvalue weighted by molar-refractivity contribution is -0.123. The van der Waals surface area contributed by atoms with Gasteiger partial charge in [0.15, 0.2) is 0 Å². The minimum absolute atomic E-state index is 0.0750. The van der Waals surface area contributed by atoms with Crippen LogP contribution in [-0.4, -0.2) is 54.7 Å². The molecule has 1 aliphatic heterocycles. The molecule has 3 N–H and O–H groups in total. The van der Waals surface area contributed by atoms with Crippen LogP contribution in [0.25, 0.3) is 0 Å². The normalized spacial score (nSPS) is 14.3. The van der Waals surface area contributed by atoms with Gasteiger partial charge in [0, 0.05) is 48.9 Å². The van der Waals surface area contributed by atoms with E-state index >= 15 is 0 Å². The highest BCUT2D eigenvalue weighted by atomic mass is 16.3. The van der Waals surface area contributed by atoms with Gasteiger partial charge in [-0.25, -0.2) is 0 Å². The number of carbonyl (C=O) groups excluding carboxylic acids is 2. The van der Waals surface area contributed by atoms with Crippen molar-refractivity contribution in [2.24, 2.45) is 4.99 Å². The van der Waals surface area contributed by atoms with Crippen LogP contribution in [0.4, 0.5) is 11.4 Å². The second-order valence-corrected chi connectivity index (χ2v) is 5.94. The minimum atomic E-state index is -0.176. The van der Waals surface area contributed by atoms with Crippen LogP contribution in [0, 0.1) is 0 Å². The third-order valence-electron chi connectivity index (χ3n) is 4.02. The highest BCUT2D eigenvalue weighted by Gasteiger charge is 2.22. The number of benzene rings is 2. The number of hydrogen-bond donors (Lipinski definition) is 3. The number of nitrogens with one attached hydrogen (secondary N) is 2. The topological polar surface area (TPSA) is 94.0 Å². The number of carbonyl (C=O) groups is 2. The van der Waals surface area contributed by atoms with E-state index in [0.29, 0.717) is 18.7 Å². The quantitative estimate of drug-likeness (QED) is 0.577. The molecule has 3 rings (SSSR count). The number of nitrogens with zero attached hydrogens (tertiary/aromatic N) is 2. The number of piperazine rings is 1. The Hall–Kier alpha value is -3.35. The van der Waals surface area contributed by atoms with Gasteiger partial charge in [-0.2, -0.15) is 0 Å². The molecular formula is C19H20N4O3. The second kappa shape index (κ2) is 7.69. The lowest BCUT2D eigenvalue weighted by Crippen LogP contribution is -2.49. The highest BCUT2D eigenvalue weighted by Crippen LogP contribution is 2.24. The van der Waals surface area contributed by atoms with Gasteiger partial charge in [0.25, 0.3) is 5.91 Å². The van der Waals surface area contributed by atoms with Crippen LogP contribution < -0.4 is 10.6 Å². The summed E-state index contributed by atoms with van der Waals surface area (Å²) in [4.78, 5) is 29.6. The van der Waals surface area contributed by atoms with Crippen molar-refractivity contribution in [3.8, 4) is 5.75 Å². The first kappa shape index (κ1) is 17.5. The summed E-state index contributed by atoms with van der Waals surface area (Å²) in [5, 5.41) is 15.6. The number of phenols is 1. The van der Waals surface area contributed by atoms with Gasteiger partial charge in [0.1, 0.15) is 5.75 Å². The van der Waals surface area contributed by atoms with Crippen LogP contribution in [0.2, 0.25) is 0 Å². The van der Waals surface area contributed by atoms with Gasteiger partial charge < -0.3 is 20.6 Å². The Kier molecular flexibility index (Phi) is 5.17. The molecule has 1 saturated heterocycles. The van der Waals surface area contributed by atoms with Gasteiger partial charge in [-0.3, -0.25) is 14.6 Å². The van der Waals surface area contributed by atoms with Gasteiger partial charge >= 0.3 is 0 Å². The van der Waals surface area contributed by atoms with E-state index in [1.807, 2.05) is 6.07 Å². The molecule has 2 aromatic carbocycles. The van der Waals surface area contributed by atoms with Gasteiger partial charge in [0.05, 0.1) is 6.54 Å². The zero-order valence-corrected chi connectivity index (χ0v) is 14.4. The molecule has 1 aliphatic rings. The lowest BCUT2D eigenvalue weighted by atomic mass is 10.1. The van der Waals surface area contributed by atoms with Crippen LogP contribution in [0.1, 0.15) is 15.9 Å². The van der Waals surface area contributed by atoms with Crippen LogP contribution in [-0.2, 0) is 4.79 Å². The molecule has 2 amide bonds. The van der Waals surface area contributed by atoms with Crippen molar-refractivity contribution < 1.29 is 14.7 Å². The van der Waals surface area contributed by atoms with Crippen molar-refractivity contribution >= 4 is 29.4 Å². The van der Waals surface area contributed by atoms with Crippen molar-refractivity contribution in [2.75, 3.05) is 32.0 Å². The fourth-order valence-electron chi connectivity index (χ4n) is 2.79. The number of amides is 2. The van der Waals surface area contributed by atoms with Gasteiger partial charge in [0.2, 0.25) is 5.91 Å². The summed E-state index contributed by atoms with van der Waals surface area (Å²) >= 11 is 0. The van der Waals surface area contributed by atoms with Crippen molar-refractivity contribution in [3.05, 3.63) is 53.6 Å². The summed E-state index contributed by atoms with van der Waals surface area (Å²) in [6.45, 7) is 1.04. The third kappa shape index (κ3) is 4.00. The first-order chi connectivity index (χ1) is 12.6. The molecule has 134 valence electrons. The molecular weight excluding hydrogens is 332 g/mol. The van der Waals surface area contributed by atoms with Crippen molar-refractivity contribution in [2.45, 2.75) is 0 Å². The summed E-state index contributed by atoms with van der Waals surface area (Å²) in [7, 11) is 1.65. The molecule has 7 heteroatoms. The predicted molar refractivity (Wildman–Crippen MR) is 100 cm³/mol. The van der Waals surface area contributed by atoms with Crippen molar-refractivity contribution in [1.29, 1.82) is 0 Å². The van der Waals surface area contributed by atoms with E-state index in [1.165, 1.54) is 4.90 Å². The molecule has 0 unspecified atom stereocenters. The molecule has 0 aliphatic carbocycles. The largest absolute Gasteiger partial charge is 0.508 e. The first-order valence-electron chi connectivity index (χ1n) is 8.25. The minimum Gasteiger partial charge on any atom is -0.508 e. The van der Waals surface area contributed by atoms with Crippen LogP contribution in [0.3, 0.4) is 0 Å². The number of aliphatic imine (C=N–C) groups is 1. The molecule has 0 radical (unpaired) electrons. The zero-order chi connectivity index (χ0) is 18.5. The van der Waals surface area contributed by atoms with Gasteiger partial charge in [-0.05, 0) is 36.4 Å². The van der Waals surface area contributed by atoms with E-state index in [1.54, 1.807) is 49.7 Å². The molecule has 0 aromatic heterocycles.